The summed E-state index contributed by atoms with van der Waals surface area (Å²) in [6, 6.07) is 13.8. The minimum atomic E-state index is -3.69. The third-order valence-electron chi connectivity index (χ3n) is 3.73. The highest BCUT2D eigenvalue weighted by atomic mass is 32.2. The molecule has 0 spiro atoms. The molecule has 1 heterocycles. The highest BCUT2D eigenvalue weighted by Gasteiger charge is 2.15. The quantitative estimate of drug-likeness (QED) is 0.689. The van der Waals surface area contributed by atoms with Gasteiger partial charge in [0.1, 0.15) is 11.5 Å². The van der Waals surface area contributed by atoms with Crippen LogP contribution < -0.4 is 14.2 Å². The van der Waals surface area contributed by atoms with E-state index in [1.807, 2.05) is 24.3 Å². The standard InChI is InChI=1S/C18H19N3O4S/c1-24-16-6-8-18(9-7-16)26(22,23)20-15-11-19-21(13-15)12-14-4-3-5-17(10-14)25-2/h3-11,13,20H,12H2,1-2H3. The van der Waals surface area contributed by atoms with Crippen LogP contribution in [0, 0.1) is 0 Å². The molecule has 2 aromatic carbocycles. The lowest BCUT2D eigenvalue weighted by Crippen LogP contribution is -2.12. The van der Waals surface area contributed by atoms with Crippen molar-refractivity contribution < 1.29 is 17.9 Å². The number of ether oxygens (including phenoxy) is 2. The molecule has 0 saturated heterocycles. The number of methoxy groups -OCH3 is 2. The average molecular weight is 373 g/mol. The van der Waals surface area contributed by atoms with Gasteiger partial charge >= 0.3 is 0 Å². The molecule has 8 heteroatoms. The molecule has 0 fully saturated rings. The Bertz CT molecular complexity index is 982. The molecule has 3 aromatic rings. The van der Waals surface area contributed by atoms with Crippen LogP contribution in [0.25, 0.3) is 0 Å². The molecule has 3 rings (SSSR count). The SMILES string of the molecule is COc1ccc(S(=O)(=O)Nc2cnn(Cc3cccc(OC)c3)c2)cc1. The maximum atomic E-state index is 12.4. The Morgan fingerprint density at radius 3 is 2.46 bits per heavy atom. The highest BCUT2D eigenvalue weighted by molar-refractivity contribution is 7.92. The van der Waals surface area contributed by atoms with Gasteiger partial charge in [0.2, 0.25) is 0 Å². The van der Waals surface area contributed by atoms with Gasteiger partial charge < -0.3 is 9.47 Å². The third-order valence-corrected chi connectivity index (χ3v) is 5.13. The second-order valence-electron chi connectivity index (χ2n) is 5.56. The third kappa shape index (κ3) is 4.15. The fourth-order valence-corrected chi connectivity index (χ4v) is 3.46. The van der Waals surface area contributed by atoms with Crippen molar-refractivity contribution in [3.8, 4) is 11.5 Å². The van der Waals surface area contributed by atoms with Crippen LogP contribution in [0.2, 0.25) is 0 Å². The molecular weight excluding hydrogens is 354 g/mol. The van der Waals surface area contributed by atoms with Gasteiger partial charge in [0, 0.05) is 6.20 Å². The summed E-state index contributed by atoms with van der Waals surface area (Å²) < 4.78 is 39.3. The Morgan fingerprint density at radius 2 is 1.77 bits per heavy atom. The van der Waals surface area contributed by atoms with Crippen LogP contribution in [0.3, 0.4) is 0 Å². The summed E-state index contributed by atoms with van der Waals surface area (Å²) in [7, 11) is -0.551. The van der Waals surface area contributed by atoms with E-state index in [4.69, 9.17) is 9.47 Å². The van der Waals surface area contributed by atoms with Gasteiger partial charge in [0.25, 0.3) is 10.0 Å². The number of nitrogens with one attached hydrogen (secondary N) is 1. The lowest BCUT2D eigenvalue weighted by atomic mass is 10.2. The molecule has 1 N–H and O–H groups in total. The van der Waals surface area contributed by atoms with E-state index < -0.39 is 10.0 Å². The highest BCUT2D eigenvalue weighted by Crippen LogP contribution is 2.19. The zero-order chi connectivity index (χ0) is 18.6. The van der Waals surface area contributed by atoms with E-state index in [0.717, 1.165) is 11.3 Å². The summed E-state index contributed by atoms with van der Waals surface area (Å²) in [6.07, 6.45) is 3.11. The van der Waals surface area contributed by atoms with Gasteiger partial charge in [-0.15, -0.1) is 0 Å². The van der Waals surface area contributed by atoms with Crippen molar-refractivity contribution >= 4 is 15.7 Å². The van der Waals surface area contributed by atoms with Crippen molar-refractivity contribution in [2.75, 3.05) is 18.9 Å². The van der Waals surface area contributed by atoms with Crippen LogP contribution in [-0.2, 0) is 16.6 Å². The fourth-order valence-electron chi connectivity index (χ4n) is 2.43. The summed E-state index contributed by atoms with van der Waals surface area (Å²) >= 11 is 0. The molecule has 0 aliphatic heterocycles. The first-order valence-corrected chi connectivity index (χ1v) is 9.31. The Labute approximate surface area is 152 Å². The first kappa shape index (κ1) is 17.8. The summed E-state index contributed by atoms with van der Waals surface area (Å²) in [5.74, 6) is 1.35. The molecular formula is C18H19N3O4S. The molecule has 0 amide bonds. The summed E-state index contributed by atoms with van der Waals surface area (Å²) in [4.78, 5) is 0.152. The molecule has 1 aromatic heterocycles. The van der Waals surface area contributed by atoms with Crippen molar-refractivity contribution in [2.45, 2.75) is 11.4 Å². The topological polar surface area (TPSA) is 82.5 Å². The van der Waals surface area contributed by atoms with Gasteiger partial charge in [0.05, 0.1) is 37.5 Å². The van der Waals surface area contributed by atoms with Gasteiger partial charge in [-0.1, -0.05) is 12.1 Å². The van der Waals surface area contributed by atoms with Crippen molar-refractivity contribution in [2.24, 2.45) is 0 Å². The second-order valence-corrected chi connectivity index (χ2v) is 7.24. The van der Waals surface area contributed by atoms with E-state index in [1.165, 1.54) is 25.4 Å². The van der Waals surface area contributed by atoms with Crippen molar-refractivity contribution in [1.82, 2.24) is 9.78 Å². The fraction of sp³-hybridized carbons (Fsp3) is 0.167. The summed E-state index contributed by atoms with van der Waals surface area (Å²) in [5, 5.41) is 4.20. The zero-order valence-electron chi connectivity index (χ0n) is 14.4. The largest absolute Gasteiger partial charge is 0.497 e. The lowest BCUT2D eigenvalue weighted by molar-refractivity contribution is 0.414. The predicted molar refractivity (Wildman–Crippen MR) is 98.1 cm³/mol. The predicted octanol–water partition coefficient (Wildman–Crippen LogP) is 2.75. The maximum Gasteiger partial charge on any atom is 0.261 e. The molecule has 0 aliphatic rings. The van der Waals surface area contributed by atoms with Gasteiger partial charge in [-0.05, 0) is 42.0 Å². The van der Waals surface area contributed by atoms with Crippen LogP contribution in [0.1, 0.15) is 5.56 Å². The monoisotopic (exact) mass is 373 g/mol. The van der Waals surface area contributed by atoms with Gasteiger partial charge in [0.15, 0.2) is 0 Å². The number of benzene rings is 2. The number of hydrogen-bond donors (Lipinski definition) is 1. The van der Waals surface area contributed by atoms with Crippen molar-refractivity contribution in [1.29, 1.82) is 0 Å². The Morgan fingerprint density at radius 1 is 1.04 bits per heavy atom. The normalized spacial score (nSPS) is 11.2. The average Bonchev–Trinajstić information content (AvgIpc) is 3.08. The van der Waals surface area contributed by atoms with Crippen LogP contribution in [0.15, 0.2) is 65.8 Å². The van der Waals surface area contributed by atoms with E-state index in [-0.39, 0.29) is 4.90 Å². The van der Waals surface area contributed by atoms with Crippen molar-refractivity contribution in [3.63, 3.8) is 0 Å². The Balaban J connectivity index is 1.72. The van der Waals surface area contributed by atoms with E-state index in [9.17, 15) is 8.42 Å². The minimum absolute atomic E-state index is 0.152. The number of rotatable bonds is 7. The molecule has 0 saturated carbocycles. The Hall–Kier alpha value is -3.00. The van der Waals surface area contributed by atoms with Gasteiger partial charge in [-0.2, -0.15) is 5.10 Å². The molecule has 26 heavy (non-hydrogen) atoms. The van der Waals surface area contributed by atoms with E-state index in [2.05, 4.69) is 9.82 Å². The van der Waals surface area contributed by atoms with Crippen LogP contribution in [-0.4, -0.2) is 32.4 Å². The van der Waals surface area contributed by atoms with Crippen LogP contribution in [0.4, 0.5) is 5.69 Å². The number of aromatic nitrogens is 2. The van der Waals surface area contributed by atoms with Crippen LogP contribution in [0.5, 0.6) is 11.5 Å². The smallest absolute Gasteiger partial charge is 0.261 e. The van der Waals surface area contributed by atoms with E-state index in [0.29, 0.717) is 18.0 Å². The lowest BCUT2D eigenvalue weighted by Gasteiger charge is -2.07. The molecule has 0 bridgehead atoms. The molecule has 0 atom stereocenters. The number of anilines is 1. The molecule has 136 valence electrons. The number of nitrogens with zero attached hydrogens (tertiary/aromatic N) is 2. The van der Waals surface area contributed by atoms with Crippen LogP contribution >= 0.6 is 0 Å². The first-order valence-electron chi connectivity index (χ1n) is 7.82. The van der Waals surface area contributed by atoms with Gasteiger partial charge in [-0.3, -0.25) is 9.40 Å². The van der Waals surface area contributed by atoms with Gasteiger partial charge in [-0.25, -0.2) is 8.42 Å². The zero-order valence-corrected chi connectivity index (χ0v) is 15.2. The summed E-state index contributed by atoms with van der Waals surface area (Å²) in [6.45, 7) is 0.501. The van der Waals surface area contributed by atoms with E-state index >= 15 is 0 Å². The number of sulfonamides is 1. The molecule has 0 aliphatic carbocycles. The summed E-state index contributed by atoms with van der Waals surface area (Å²) in [5.41, 5.74) is 1.39. The molecule has 0 unspecified atom stereocenters. The second kappa shape index (κ2) is 7.49. The number of hydrogen-bond acceptors (Lipinski definition) is 5. The molecule has 7 nitrogen and oxygen atoms in total. The van der Waals surface area contributed by atoms with Crippen molar-refractivity contribution in [3.05, 3.63) is 66.5 Å². The maximum absolute atomic E-state index is 12.4. The Kier molecular flexibility index (Phi) is 5.13. The minimum Gasteiger partial charge on any atom is -0.497 e. The first-order chi connectivity index (χ1) is 12.5. The van der Waals surface area contributed by atoms with E-state index in [1.54, 1.807) is 30.1 Å². The molecule has 0 radical (unpaired) electrons.